The van der Waals surface area contributed by atoms with Gasteiger partial charge in [-0.2, -0.15) is 5.10 Å². The first-order chi connectivity index (χ1) is 4.34. The molecule has 1 heterocycles. The highest BCUT2D eigenvalue weighted by Crippen LogP contribution is 2.11. The zero-order chi connectivity index (χ0) is 6.69. The standard InChI is InChI=1S/C6H9ClN2/c1-2-3-5-4-8-9-6(5)7/h4H,2-3H2,1H3,(H,8,9). The molecule has 1 aromatic heterocycles. The van der Waals surface area contributed by atoms with Crippen molar-refractivity contribution in [3.05, 3.63) is 16.9 Å². The van der Waals surface area contributed by atoms with E-state index in [0.29, 0.717) is 5.15 Å². The maximum atomic E-state index is 5.70. The lowest BCUT2D eigenvalue weighted by atomic mass is 10.2. The topological polar surface area (TPSA) is 28.7 Å². The van der Waals surface area contributed by atoms with Crippen molar-refractivity contribution in [3.63, 3.8) is 0 Å². The number of aryl methyl sites for hydroxylation is 1. The lowest BCUT2D eigenvalue weighted by Crippen LogP contribution is -1.78. The predicted molar refractivity (Wildman–Crippen MR) is 37.6 cm³/mol. The van der Waals surface area contributed by atoms with Gasteiger partial charge in [-0.25, -0.2) is 0 Å². The largest absolute Gasteiger partial charge is 0.267 e. The maximum absolute atomic E-state index is 5.70. The maximum Gasteiger partial charge on any atom is 0.127 e. The van der Waals surface area contributed by atoms with Gasteiger partial charge in [0.2, 0.25) is 0 Å². The molecule has 1 rings (SSSR count). The summed E-state index contributed by atoms with van der Waals surface area (Å²) in [5, 5.41) is 7.13. The zero-order valence-corrected chi connectivity index (χ0v) is 6.07. The van der Waals surface area contributed by atoms with Crippen LogP contribution in [0, 0.1) is 0 Å². The highest BCUT2D eigenvalue weighted by molar-refractivity contribution is 6.30. The third-order valence-electron chi connectivity index (χ3n) is 1.18. The lowest BCUT2D eigenvalue weighted by molar-refractivity contribution is 0.923. The minimum Gasteiger partial charge on any atom is -0.267 e. The third-order valence-corrected chi connectivity index (χ3v) is 1.51. The molecule has 1 N–H and O–H groups in total. The Kier molecular flexibility index (Phi) is 2.11. The Morgan fingerprint density at radius 1 is 1.78 bits per heavy atom. The normalized spacial score (nSPS) is 10.0. The Hall–Kier alpha value is -0.500. The second-order valence-corrected chi connectivity index (χ2v) is 2.34. The predicted octanol–water partition coefficient (Wildman–Crippen LogP) is 2.02. The smallest absolute Gasteiger partial charge is 0.127 e. The molecule has 0 aliphatic heterocycles. The fourth-order valence-corrected chi connectivity index (χ4v) is 0.931. The van der Waals surface area contributed by atoms with E-state index in [9.17, 15) is 0 Å². The number of H-pyrrole nitrogens is 1. The van der Waals surface area contributed by atoms with Crippen LogP contribution >= 0.6 is 11.6 Å². The molecular formula is C6H9ClN2. The van der Waals surface area contributed by atoms with Crippen molar-refractivity contribution in [3.8, 4) is 0 Å². The van der Waals surface area contributed by atoms with E-state index in [1.165, 1.54) is 0 Å². The molecule has 0 atom stereocenters. The van der Waals surface area contributed by atoms with Gasteiger partial charge in [-0.05, 0) is 6.42 Å². The number of nitrogens with one attached hydrogen (secondary N) is 1. The quantitative estimate of drug-likeness (QED) is 0.676. The Morgan fingerprint density at radius 2 is 2.56 bits per heavy atom. The molecule has 1 aromatic rings. The molecule has 0 spiro atoms. The second-order valence-electron chi connectivity index (χ2n) is 1.96. The van der Waals surface area contributed by atoms with Gasteiger partial charge in [-0.3, -0.25) is 5.10 Å². The minimum atomic E-state index is 0.678. The van der Waals surface area contributed by atoms with E-state index >= 15 is 0 Å². The van der Waals surface area contributed by atoms with Crippen LogP contribution in [0.15, 0.2) is 6.20 Å². The van der Waals surface area contributed by atoms with Crippen molar-refractivity contribution < 1.29 is 0 Å². The van der Waals surface area contributed by atoms with Crippen LogP contribution in [0.2, 0.25) is 5.15 Å². The van der Waals surface area contributed by atoms with E-state index < -0.39 is 0 Å². The van der Waals surface area contributed by atoms with Gasteiger partial charge in [-0.1, -0.05) is 24.9 Å². The highest BCUT2D eigenvalue weighted by Gasteiger charge is 1.97. The van der Waals surface area contributed by atoms with Gasteiger partial charge in [0.1, 0.15) is 5.15 Å². The second kappa shape index (κ2) is 2.87. The van der Waals surface area contributed by atoms with Crippen LogP contribution in [0.25, 0.3) is 0 Å². The number of halogens is 1. The average Bonchev–Trinajstić information content (AvgIpc) is 2.18. The minimum absolute atomic E-state index is 0.678. The molecule has 9 heavy (non-hydrogen) atoms. The Morgan fingerprint density at radius 3 is 3.00 bits per heavy atom. The molecule has 50 valence electrons. The number of nitrogens with zero attached hydrogens (tertiary/aromatic N) is 1. The molecule has 0 bridgehead atoms. The van der Waals surface area contributed by atoms with Crippen LogP contribution in [-0.2, 0) is 6.42 Å². The SMILES string of the molecule is CCCc1cn[nH]c1Cl. The summed E-state index contributed by atoms with van der Waals surface area (Å²) in [6, 6.07) is 0. The summed E-state index contributed by atoms with van der Waals surface area (Å²) in [5.74, 6) is 0. The number of aromatic amines is 1. The van der Waals surface area contributed by atoms with Gasteiger partial charge in [0, 0.05) is 5.56 Å². The molecule has 0 fully saturated rings. The first-order valence-electron chi connectivity index (χ1n) is 3.02. The van der Waals surface area contributed by atoms with Crippen LogP contribution in [0.3, 0.4) is 0 Å². The van der Waals surface area contributed by atoms with Crippen molar-refractivity contribution in [1.82, 2.24) is 10.2 Å². The van der Waals surface area contributed by atoms with Gasteiger partial charge >= 0.3 is 0 Å². The van der Waals surface area contributed by atoms with Crippen molar-refractivity contribution in [2.75, 3.05) is 0 Å². The average molecular weight is 145 g/mol. The molecule has 0 saturated carbocycles. The Bertz CT molecular complexity index is 183. The molecular weight excluding hydrogens is 136 g/mol. The van der Waals surface area contributed by atoms with Gasteiger partial charge in [0.15, 0.2) is 0 Å². The van der Waals surface area contributed by atoms with Gasteiger partial charge in [-0.15, -0.1) is 0 Å². The molecule has 3 heteroatoms. The summed E-state index contributed by atoms with van der Waals surface area (Å²) in [5.41, 5.74) is 1.11. The number of aromatic nitrogens is 2. The van der Waals surface area contributed by atoms with Crippen LogP contribution in [-0.4, -0.2) is 10.2 Å². The zero-order valence-electron chi connectivity index (χ0n) is 5.32. The van der Waals surface area contributed by atoms with E-state index in [0.717, 1.165) is 18.4 Å². The van der Waals surface area contributed by atoms with Crippen LogP contribution < -0.4 is 0 Å². The molecule has 0 saturated heterocycles. The number of hydrogen-bond acceptors (Lipinski definition) is 1. The summed E-state index contributed by atoms with van der Waals surface area (Å²) in [6.45, 7) is 2.11. The highest BCUT2D eigenvalue weighted by atomic mass is 35.5. The lowest BCUT2D eigenvalue weighted by Gasteiger charge is -1.89. The summed E-state index contributed by atoms with van der Waals surface area (Å²) in [6.07, 6.45) is 3.89. The van der Waals surface area contributed by atoms with Crippen molar-refractivity contribution >= 4 is 11.6 Å². The molecule has 0 unspecified atom stereocenters. The molecule has 0 aliphatic carbocycles. The van der Waals surface area contributed by atoms with E-state index in [4.69, 9.17) is 11.6 Å². The molecule has 0 amide bonds. The summed E-state index contributed by atoms with van der Waals surface area (Å²) in [7, 11) is 0. The molecule has 0 radical (unpaired) electrons. The number of hydrogen-bond donors (Lipinski definition) is 1. The Labute approximate surface area is 59.2 Å². The summed E-state index contributed by atoms with van der Waals surface area (Å²) in [4.78, 5) is 0. The summed E-state index contributed by atoms with van der Waals surface area (Å²) >= 11 is 5.70. The molecule has 2 nitrogen and oxygen atoms in total. The monoisotopic (exact) mass is 144 g/mol. The van der Waals surface area contributed by atoms with Crippen molar-refractivity contribution in [2.24, 2.45) is 0 Å². The van der Waals surface area contributed by atoms with E-state index in [1.54, 1.807) is 6.20 Å². The fraction of sp³-hybridized carbons (Fsp3) is 0.500. The third kappa shape index (κ3) is 1.45. The summed E-state index contributed by atoms with van der Waals surface area (Å²) < 4.78 is 0. The van der Waals surface area contributed by atoms with E-state index in [2.05, 4.69) is 17.1 Å². The van der Waals surface area contributed by atoms with Crippen molar-refractivity contribution in [2.45, 2.75) is 19.8 Å². The van der Waals surface area contributed by atoms with Gasteiger partial charge in [0.05, 0.1) is 6.20 Å². The van der Waals surface area contributed by atoms with E-state index in [-0.39, 0.29) is 0 Å². The molecule has 0 aliphatic rings. The number of rotatable bonds is 2. The van der Waals surface area contributed by atoms with E-state index in [1.807, 2.05) is 0 Å². The van der Waals surface area contributed by atoms with Crippen LogP contribution in [0.1, 0.15) is 18.9 Å². The van der Waals surface area contributed by atoms with Gasteiger partial charge < -0.3 is 0 Å². The van der Waals surface area contributed by atoms with Crippen LogP contribution in [0.4, 0.5) is 0 Å². The molecule has 0 aromatic carbocycles. The first-order valence-corrected chi connectivity index (χ1v) is 3.40. The van der Waals surface area contributed by atoms with Crippen molar-refractivity contribution in [1.29, 1.82) is 0 Å². The Balaban J connectivity index is 2.69. The first kappa shape index (κ1) is 6.62. The fourth-order valence-electron chi connectivity index (χ4n) is 0.739. The van der Waals surface area contributed by atoms with Gasteiger partial charge in [0.25, 0.3) is 0 Å². The van der Waals surface area contributed by atoms with Crippen LogP contribution in [0.5, 0.6) is 0 Å².